The first-order chi connectivity index (χ1) is 17.5. The molecule has 0 saturated heterocycles. The van der Waals surface area contributed by atoms with Gasteiger partial charge in [0.15, 0.2) is 17.3 Å². The number of fused-ring (bicyclic) bond motifs is 2. The van der Waals surface area contributed by atoms with Crippen molar-refractivity contribution in [2.24, 2.45) is 7.05 Å². The third-order valence-corrected chi connectivity index (χ3v) is 5.75. The highest BCUT2D eigenvalue weighted by molar-refractivity contribution is 6.02. The summed E-state index contributed by atoms with van der Waals surface area (Å²) in [6.45, 7) is -0.578. The van der Waals surface area contributed by atoms with Crippen LogP contribution in [0.5, 0.6) is 0 Å². The first kappa shape index (κ1) is 22.6. The number of carbonyl (C=O) groups excluding carboxylic acids is 1. The molecule has 0 aliphatic carbocycles. The van der Waals surface area contributed by atoms with Crippen molar-refractivity contribution < 1.29 is 14.6 Å². The van der Waals surface area contributed by atoms with Crippen LogP contribution >= 0.6 is 0 Å². The molecule has 0 unspecified atom stereocenters. The van der Waals surface area contributed by atoms with E-state index in [9.17, 15) is 20.0 Å². The van der Waals surface area contributed by atoms with Crippen molar-refractivity contribution in [3.8, 4) is 11.8 Å². The Morgan fingerprint density at radius 2 is 1.67 bits per heavy atom. The van der Waals surface area contributed by atoms with E-state index in [1.807, 2.05) is 24.3 Å². The first-order valence-corrected chi connectivity index (χ1v) is 11.0. The van der Waals surface area contributed by atoms with E-state index in [4.69, 9.17) is 4.74 Å². The van der Waals surface area contributed by atoms with E-state index in [2.05, 4.69) is 10.1 Å². The van der Waals surface area contributed by atoms with Gasteiger partial charge in [-0.25, -0.2) is 9.78 Å². The lowest BCUT2D eigenvalue weighted by atomic mass is 10.1. The van der Waals surface area contributed by atoms with Gasteiger partial charge in [0.2, 0.25) is 0 Å². The molecule has 0 spiro atoms. The van der Waals surface area contributed by atoms with Gasteiger partial charge in [-0.2, -0.15) is 15.0 Å². The molecule has 1 N–H and O–H groups in total. The molecule has 36 heavy (non-hydrogen) atoms. The van der Waals surface area contributed by atoms with Gasteiger partial charge in [0.05, 0.1) is 22.1 Å². The van der Waals surface area contributed by atoms with Crippen molar-refractivity contribution in [1.82, 2.24) is 19.3 Å². The standard InChI is InChI=1S/C27H19N5O4/c1-31-22-14-8-7-13-21(22)29-25(31)20(15-28)23(33)16-36-27(35)24-18-11-5-6-12-19(18)26(34)32(30-24)17-9-3-2-4-10-17/h2-14,33H,16H2,1H3/b23-20-. The van der Waals surface area contributed by atoms with E-state index >= 15 is 0 Å². The minimum Gasteiger partial charge on any atom is -0.507 e. The summed E-state index contributed by atoms with van der Waals surface area (Å²) in [7, 11) is 1.73. The Labute approximate surface area is 204 Å². The average Bonchev–Trinajstić information content (AvgIpc) is 3.24. The monoisotopic (exact) mass is 477 g/mol. The van der Waals surface area contributed by atoms with Crippen LogP contribution < -0.4 is 5.56 Å². The number of esters is 1. The van der Waals surface area contributed by atoms with E-state index in [0.717, 1.165) is 10.2 Å². The molecule has 0 radical (unpaired) electrons. The molecule has 0 saturated carbocycles. The molecule has 9 nitrogen and oxygen atoms in total. The Hall–Kier alpha value is -5.23. The number of nitriles is 1. The van der Waals surface area contributed by atoms with Gasteiger partial charge in [-0.15, -0.1) is 0 Å². The number of hydrogen-bond acceptors (Lipinski definition) is 7. The van der Waals surface area contributed by atoms with Crippen LogP contribution in [0, 0.1) is 11.3 Å². The summed E-state index contributed by atoms with van der Waals surface area (Å²) in [5.74, 6) is -1.07. The van der Waals surface area contributed by atoms with Gasteiger partial charge in [0.1, 0.15) is 18.2 Å². The highest BCUT2D eigenvalue weighted by Gasteiger charge is 2.21. The molecule has 3 aromatic carbocycles. The van der Waals surface area contributed by atoms with Crippen molar-refractivity contribution in [1.29, 1.82) is 5.26 Å². The van der Waals surface area contributed by atoms with Crippen LogP contribution in [0.2, 0.25) is 0 Å². The summed E-state index contributed by atoms with van der Waals surface area (Å²) >= 11 is 0. The Kier molecular flexibility index (Phi) is 5.76. The minimum atomic E-state index is -0.857. The van der Waals surface area contributed by atoms with E-state index in [1.54, 1.807) is 72.3 Å². The molecule has 0 amide bonds. The smallest absolute Gasteiger partial charge is 0.359 e. The zero-order valence-corrected chi connectivity index (χ0v) is 19.1. The molecule has 9 heteroatoms. The Bertz CT molecular complexity index is 1760. The van der Waals surface area contributed by atoms with Gasteiger partial charge in [-0.05, 0) is 30.3 Å². The number of benzene rings is 3. The average molecular weight is 477 g/mol. The number of carbonyl (C=O) groups is 1. The Morgan fingerprint density at radius 3 is 2.39 bits per heavy atom. The van der Waals surface area contributed by atoms with E-state index in [1.165, 1.54) is 0 Å². The number of aryl methyl sites for hydroxylation is 1. The maximum Gasteiger partial charge on any atom is 0.359 e. The van der Waals surface area contributed by atoms with Crippen LogP contribution in [0.1, 0.15) is 16.3 Å². The normalized spacial score (nSPS) is 11.8. The molecule has 0 aliphatic rings. The Morgan fingerprint density at radius 1 is 1.00 bits per heavy atom. The SMILES string of the molecule is Cn1c(/C(C#N)=C(\O)COC(=O)c2nn(-c3ccccc3)c(=O)c3ccccc23)nc2ccccc21. The van der Waals surface area contributed by atoms with Crippen LogP contribution in [-0.4, -0.2) is 37.0 Å². The van der Waals surface area contributed by atoms with Crippen LogP contribution in [0.4, 0.5) is 0 Å². The minimum absolute atomic E-state index is 0.0944. The molecule has 5 rings (SSSR count). The summed E-state index contributed by atoms with van der Waals surface area (Å²) < 4.78 is 8.15. The summed E-state index contributed by atoms with van der Waals surface area (Å²) in [5.41, 5.74) is 1.33. The topological polar surface area (TPSA) is 123 Å². The Balaban J connectivity index is 1.51. The predicted octanol–water partition coefficient (Wildman–Crippen LogP) is 3.92. The number of imidazole rings is 1. The molecular weight excluding hydrogens is 458 g/mol. The number of allylic oxidation sites excluding steroid dienone is 1. The lowest BCUT2D eigenvalue weighted by molar-refractivity contribution is 0.0496. The fourth-order valence-corrected chi connectivity index (χ4v) is 3.97. The predicted molar refractivity (Wildman–Crippen MR) is 133 cm³/mol. The third kappa shape index (κ3) is 3.86. The largest absolute Gasteiger partial charge is 0.507 e. The molecule has 0 fully saturated rings. The lowest BCUT2D eigenvalue weighted by Gasteiger charge is -2.11. The van der Waals surface area contributed by atoms with Gasteiger partial charge in [0.25, 0.3) is 5.56 Å². The molecule has 176 valence electrons. The van der Waals surface area contributed by atoms with Gasteiger partial charge in [-0.1, -0.05) is 48.5 Å². The highest BCUT2D eigenvalue weighted by Crippen LogP contribution is 2.22. The lowest BCUT2D eigenvalue weighted by Crippen LogP contribution is -2.25. The maximum atomic E-state index is 13.1. The fraction of sp³-hybridized carbons (Fsp3) is 0.0741. The second-order valence-corrected chi connectivity index (χ2v) is 7.94. The number of ether oxygens (including phenoxy) is 1. The second kappa shape index (κ2) is 9.19. The van der Waals surface area contributed by atoms with Crippen molar-refractivity contribution >= 4 is 33.3 Å². The molecular formula is C27H19N5O4. The number of aliphatic hydroxyl groups is 1. The maximum absolute atomic E-state index is 13.1. The molecule has 2 heterocycles. The van der Waals surface area contributed by atoms with E-state index < -0.39 is 18.3 Å². The molecule has 0 aliphatic heterocycles. The van der Waals surface area contributed by atoms with Crippen LogP contribution in [0.25, 0.3) is 33.1 Å². The number of aliphatic hydroxyl groups excluding tert-OH is 1. The summed E-state index contributed by atoms with van der Waals surface area (Å²) in [6, 6.07) is 24.5. The van der Waals surface area contributed by atoms with Crippen molar-refractivity contribution in [3.63, 3.8) is 0 Å². The van der Waals surface area contributed by atoms with Crippen LogP contribution in [0.15, 0.2) is 89.4 Å². The van der Waals surface area contributed by atoms with Crippen molar-refractivity contribution in [3.05, 3.63) is 106 Å². The summed E-state index contributed by atoms with van der Waals surface area (Å²) in [4.78, 5) is 30.5. The number of rotatable bonds is 5. The molecule has 2 aromatic heterocycles. The first-order valence-electron chi connectivity index (χ1n) is 11.0. The molecule has 5 aromatic rings. The third-order valence-electron chi connectivity index (χ3n) is 5.75. The number of nitrogens with zero attached hydrogens (tertiary/aromatic N) is 5. The van der Waals surface area contributed by atoms with Gasteiger partial charge in [0, 0.05) is 12.4 Å². The zero-order valence-electron chi connectivity index (χ0n) is 19.1. The number of para-hydroxylation sites is 3. The van der Waals surface area contributed by atoms with Crippen molar-refractivity contribution in [2.75, 3.05) is 6.61 Å². The quantitative estimate of drug-likeness (QED) is 0.231. The fourth-order valence-electron chi connectivity index (χ4n) is 3.97. The van der Waals surface area contributed by atoms with Crippen LogP contribution in [-0.2, 0) is 11.8 Å². The van der Waals surface area contributed by atoms with Gasteiger partial charge in [-0.3, -0.25) is 4.79 Å². The highest BCUT2D eigenvalue weighted by atomic mass is 16.5. The van der Waals surface area contributed by atoms with Gasteiger partial charge >= 0.3 is 5.97 Å². The van der Waals surface area contributed by atoms with E-state index in [0.29, 0.717) is 22.0 Å². The van der Waals surface area contributed by atoms with Gasteiger partial charge < -0.3 is 14.4 Å². The van der Waals surface area contributed by atoms with E-state index in [-0.39, 0.29) is 22.7 Å². The molecule has 0 bridgehead atoms. The van der Waals surface area contributed by atoms with Crippen molar-refractivity contribution in [2.45, 2.75) is 0 Å². The number of aromatic nitrogens is 4. The summed E-state index contributed by atoms with van der Waals surface area (Å²) in [6.07, 6.45) is 0. The van der Waals surface area contributed by atoms with Crippen LogP contribution in [0.3, 0.4) is 0 Å². The zero-order chi connectivity index (χ0) is 25.2. The molecule has 0 atom stereocenters. The number of hydrogen-bond donors (Lipinski definition) is 1. The summed E-state index contributed by atoms with van der Waals surface area (Å²) in [5, 5.41) is 25.2. The second-order valence-electron chi connectivity index (χ2n) is 7.94.